The van der Waals surface area contributed by atoms with Crippen LogP contribution in [0.15, 0.2) is 0 Å². The molecule has 2 atom stereocenters. The zero-order chi connectivity index (χ0) is 13.7. The van der Waals surface area contributed by atoms with Gasteiger partial charge in [-0.3, -0.25) is 4.79 Å². The van der Waals surface area contributed by atoms with Gasteiger partial charge in [-0.1, -0.05) is 19.8 Å². The minimum atomic E-state index is 0.263. The SMILES string of the molecule is CC1CCC(NC(=O)CCC2CCCC(N)C2)CC1. The van der Waals surface area contributed by atoms with Crippen molar-refractivity contribution in [1.82, 2.24) is 5.32 Å². The first-order valence-corrected chi connectivity index (χ1v) is 8.18. The van der Waals surface area contributed by atoms with Crippen LogP contribution in [0.25, 0.3) is 0 Å². The number of hydrogen-bond acceptors (Lipinski definition) is 2. The van der Waals surface area contributed by atoms with Crippen LogP contribution in [0.2, 0.25) is 0 Å². The molecule has 0 saturated heterocycles. The molecule has 0 radical (unpaired) electrons. The Morgan fingerprint density at radius 2 is 1.89 bits per heavy atom. The summed E-state index contributed by atoms with van der Waals surface area (Å²) in [4.78, 5) is 12.0. The zero-order valence-electron chi connectivity index (χ0n) is 12.4. The summed E-state index contributed by atoms with van der Waals surface area (Å²) in [5.74, 6) is 1.79. The maximum atomic E-state index is 12.0. The number of hydrogen-bond donors (Lipinski definition) is 2. The molecule has 2 aliphatic carbocycles. The first kappa shape index (κ1) is 14.8. The smallest absolute Gasteiger partial charge is 0.220 e. The average molecular weight is 266 g/mol. The van der Waals surface area contributed by atoms with Crippen LogP contribution in [-0.4, -0.2) is 18.0 Å². The third-order valence-electron chi connectivity index (χ3n) is 4.98. The summed E-state index contributed by atoms with van der Waals surface area (Å²) in [5.41, 5.74) is 5.99. The van der Waals surface area contributed by atoms with Crippen LogP contribution < -0.4 is 11.1 Å². The van der Waals surface area contributed by atoms with E-state index in [9.17, 15) is 4.79 Å². The van der Waals surface area contributed by atoms with Crippen molar-refractivity contribution in [2.75, 3.05) is 0 Å². The Morgan fingerprint density at radius 3 is 2.58 bits per heavy atom. The van der Waals surface area contributed by atoms with E-state index in [0.717, 1.165) is 18.8 Å². The molecule has 0 aromatic heterocycles. The maximum absolute atomic E-state index is 12.0. The van der Waals surface area contributed by atoms with Gasteiger partial charge < -0.3 is 11.1 Å². The molecule has 2 aliphatic rings. The Hall–Kier alpha value is -0.570. The molecule has 0 spiro atoms. The van der Waals surface area contributed by atoms with Gasteiger partial charge in [0, 0.05) is 18.5 Å². The number of nitrogens with one attached hydrogen (secondary N) is 1. The first-order chi connectivity index (χ1) is 9.13. The van der Waals surface area contributed by atoms with Crippen LogP contribution in [0, 0.1) is 11.8 Å². The molecule has 3 heteroatoms. The molecule has 2 rings (SSSR count). The van der Waals surface area contributed by atoms with E-state index in [1.54, 1.807) is 0 Å². The van der Waals surface area contributed by atoms with E-state index >= 15 is 0 Å². The first-order valence-electron chi connectivity index (χ1n) is 8.18. The minimum Gasteiger partial charge on any atom is -0.353 e. The van der Waals surface area contributed by atoms with Crippen molar-refractivity contribution in [3.63, 3.8) is 0 Å². The fourth-order valence-electron chi connectivity index (χ4n) is 3.63. The largest absolute Gasteiger partial charge is 0.353 e. The molecular formula is C16H30N2O. The van der Waals surface area contributed by atoms with Gasteiger partial charge >= 0.3 is 0 Å². The van der Waals surface area contributed by atoms with Gasteiger partial charge in [0.25, 0.3) is 0 Å². The van der Waals surface area contributed by atoms with Gasteiger partial charge in [-0.25, -0.2) is 0 Å². The lowest BCUT2D eigenvalue weighted by atomic mass is 9.83. The highest BCUT2D eigenvalue weighted by Gasteiger charge is 2.22. The second-order valence-corrected chi connectivity index (χ2v) is 6.86. The van der Waals surface area contributed by atoms with Crippen molar-refractivity contribution in [3.05, 3.63) is 0 Å². The van der Waals surface area contributed by atoms with Gasteiger partial charge in [0.1, 0.15) is 0 Å². The van der Waals surface area contributed by atoms with E-state index in [2.05, 4.69) is 12.2 Å². The van der Waals surface area contributed by atoms with Crippen molar-refractivity contribution < 1.29 is 4.79 Å². The maximum Gasteiger partial charge on any atom is 0.220 e. The molecule has 1 amide bonds. The Bertz CT molecular complexity index is 284. The molecule has 110 valence electrons. The van der Waals surface area contributed by atoms with E-state index in [1.165, 1.54) is 44.9 Å². The highest BCUT2D eigenvalue weighted by molar-refractivity contribution is 5.76. The van der Waals surface area contributed by atoms with Crippen molar-refractivity contribution in [2.45, 2.75) is 83.2 Å². The fraction of sp³-hybridized carbons (Fsp3) is 0.938. The third kappa shape index (κ3) is 5.13. The van der Waals surface area contributed by atoms with Crippen LogP contribution >= 0.6 is 0 Å². The zero-order valence-corrected chi connectivity index (χ0v) is 12.4. The summed E-state index contributed by atoms with van der Waals surface area (Å²) in [6.07, 6.45) is 11.4. The predicted molar refractivity (Wildman–Crippen MR) is 78.7 cm³/mol. The Morgan fingerprint density at radius 1 is 1.16 bits per heavy atom. The summed E-state index contributed by atoms with van der Waals surface area (Å²) in [6.45, 7) is 2.31. The normalized spacial score (nSPS) is 35.9. The summed E-state index contributed by atoms with van der Waals surface area (Å²) in [5, 5.41) is 3.22. The van der Waals surface area contributed by atoms with Gasteiger partial charge in [0.15, 0.2) is 0 Å². The molecule has 0 aromatic carbocycles. The van der Waals surface area contributed by atoms with Crippen molar-refractivity contribution >= 4 is 5.91 Å². The van der Waals surface area contributed by atoms with Gasteiger partial charge in [-0.15, -0.1) is 0 Å². The molecule has 0 heterocycles. The Balaban J connectivity index is 1.61. The predicted octanol–water partition coefficient (Wildman–Crippen LogP) is 2.98. The van der Waals surface area contributed by atoms with Crippen LogP contribution in [0.1, 0.15) is 71.1 Å². The lowest BCUT2D eigenvalue weighted by Crippen LogP contribution is -2.37. The highest BCUT2D eigenvalue weighted by Crippen LogP contribution is 2.27. The Labute approximate surface area is 117 Å². The quantitative estimate of drug-likeness (QED) is 0.822. The summed E-state index contributed by atoms with van der Waals surface area (Å²) >= 11 is 0. The van der Waals surface area contributed by atoms with Gasteiger partial charge in [0.2, 0.25) is 5.91 Å². The number of rotatable bonds is 4. The number of carbonyl (C=O) groups is 1. The fourth-order valence-corrected chi connectivity index (χ4v) is 3.63. The van der Waals surface area contributed by atoms with E-state index < -0.39 is 0 Å². The summed E-state index contributed by atoms with van der Waals surface area (Å²) in [6, 6.07) is 0.818. The van der Waals surface area contributed by atoms with E-state index in [1.807, 2.05) is 0 Å². The van der Waals surface area contributed by atoms with Crippen molar-refractivity contribution in [3.8, 4) is 0 Å². The number of carbonyl (C=O) groups excluding carboxylic acids is 1. The lowest BCUT2D eigenvalue weighted by Gasteiger charge is -2.28. The topological polar surface area (TPSA) is 55.1 Å². The molecular weight excluding hydrogens is 236 g/mol. The molecule has 0 bridgehead atoms. The van der Waals surface area contributed by atoms with E-state index in [0.29, 0.717) is 24.4 Å². The highest BCUT2D eigenvalue weighted by atomic mass is 16.1. The van der Waals surface area contributed by atoms with E-state index in [-0.39, 0.29) is 5.91 Å². The molecule has 3 nitrogen and oxygen atoms in total. The average Bonchev–Trinajstić information content (AvgIpc) is 2.39. The number of nitrogens with two attached hydrogens (primary N) is 1. The second kappa shape index (κ2) is 7.28. The van der Waals surface area contributed by atoms with Crippen molar-refractivity contribution in [2.24, 2.45) is 17.6 Å². The molecule has 19 heavy (non-hydrogen) atoms. The molecule has 0 aromatic rings. The Kier molecular flexibility index (Phi) is 5.68. The number of amides is 1. The van der Waals surface area contributed by atoms with Crippen LogP contribution in [0.5, 0.6) is 0 Å². The van der Waals surface area contributed by atoms with E-state index in [4.69, 9.17) is 5.73 Å². The van der Waals surface area contributed by atoms with Gasteiger partial charge in [-0.05, 0) is 56.8 Å². The van der Waals surface area contributed by atoms with Gasteiger partial charge in [0.05, 0.1) is 0 Å². The minimum absolute atomic E-state index is 0.263. The molecule has 0 aliphatic heterocycles. The van der Waals surface area contributed by atoms with Crippen LogP contribution in [0.4, 0.5) is 0 Å². The molecule has 2 fully saturated rings. The third-order valence-corrected chi connectivity index (χ3v) is 4.98. The lowest BCUT2D eigenvalue weighted by molar-refractivity contribution is -0.122. The molecule has 3 N–H and O–H groups in total. The van der Waals surface area contributed by atoms with Gasteiger partial charge in [-0.2, -0.15) is 0 Å². The summed E-state index contributed by atoms with van der Waals surface area (Å²) in [7, 11) is 0. The summed E-state index contributed by atoms with van der Waals surface area (Å²) < 4.78 is 0. The molecule has 2 saturated carbocycles. The van der Waals surface area contributed by atoms with Crippen molar-refractivity contribution in [1.29, 1.82) is 0 Å². The molecule has 2 unspecified atom stereocenters. The van der Waals surface area contributed by atoms with Crippen LogP contribution in [-0.2, 0) is 4.79 Å². The van der Waals surface area contributed by atoms with Crippen LogP contribution in [0.3, 0.4) is 0 Å². The standard InChI is InChI=1S/C16H30N2O/c1-12-5-8-15(9-6-12)18-16(19)10-7-13-3-2-4-14(17)11-13/h12-15H,2-11,17H2,1H3,(H,18,19). The monoisotopic (exact) mass is 266 g/mol. The second-order valence-electron chi connectivity index (χ2n) is 6.86.